The molecule has 1 atom stereocenters. The van der Waals surface area contributed by atoms with Gasteiger partial charge in [-0.2, -0.15) is 0 Å². The fourth-order valence-corrected chi connectivity index (χ4v) is 6.87. The van der Waals surface area contributed by atoms with Crippen molar-refractivity contribution in [3.05, 3.63) is 87.9 Å². The van der Waals surface area contributed by atoms with E-state index < -0.39 is 28.5 Å². The van der Waals surface area contributed by atoms with Crippen molar-refractivity contribution in [1.82, 2.24) is 10.2 Å². The van der Waals surface area contributed by atoms with Gasteiger partial charge in [0.15, 0.2) is 0 Å². The Bertz CT molecular complexity index is 1490. The number of nitrogens with one attached hydrogen (secondary N) is 1. The van der Waals surface area contributed by atoms with E-state index in [0.717, 1.165) is 35.6 Å². The lowest BCUT2D eigenvalue weighted by Gasteiger charge is -2.33. The van der Waals surface area contributed by atoms with Gasteiger partial charge in [0.2, 0.25) is 11.8 Å². The Morgan fingerprint density at radius 2 is 1.57 bits per heavy atom. The third kappa shape index (κ3) is 7.38. The second kappa shape index (κ2) is 13.8. The van der Waals surface area contributed by atoms with Gasteiger partial charge in [0.05, 0.1) is 17.7 Å². The summed E-state index contributed by atoms with van der Waals surface area (Å²) >= 11 is 12.9. The van der Waals surface area contributed by atoms with Crippen LogP contribution >= 0.6 is 23.2 Å². The monoisotopic (exact) mass is 631 g/mol. The van der Waals surface area contributed by atoms with Gasteiger partial charge in [0.25, 0.3) is 10.0 Å². The first kappa shape index (κ1) is 31.7. The van der Waals surface area contributed by atoms with Crippen LogP contribution < -0.4 is 14.4 Å². The van der Waals surface area contributed by atoms with Gasteiger partial charge in [-0.25, -0.2) is 8.42 Å². The molecule has 0 unspecified atom stereocenters. The average molecular weight is 633 g/mol. The maximum absolute atomic E-state index is 14.1. The average Bonchev–Trinajstić information content (AvgIpc) is 3.48. The molecule has 224 valence electrons. The van der Waals surface area contributed by atoms with Crippen molar-refractivity contribution in [2.24, 2.45) is 0 Å². The molecule has 3 aromatic rings. The molecule has 0 saturated heterocycles. The molecule has 0 spiro atoms. The first-order valence-electron chi connectivity index (χ1n) is 13.8. The van der Waals surface area contributed by atoms with Crippen LogP contribution in [0.15, 0.2) is 71.6 Å². The quantitative estimate of drug-likeness (QED) is 0.281. The second-order valence-electron chi connectivity index (χ2n) is 10.4. The first-order chi connectivity index (χ1) is 20.0. The summed E-state index contributed by atoms with van der Waals surface area (Å²) in [5, 5.41) is 3.72. The molecule has 0 aliphatic heterocycles. The van der Waals surface area contributed by atoms with Gasteiger partial charge < -0.3 is 15.0 Å². The standard InChI is InChI=1S/C31H35Cl2N3O5S/c1-21-11-17-26(18-12-21)42(39,40)36(24-13-15-25(41-3)16-14-24)20-30(37)35(19-27-28(32)9-6-10-29(27)33)22(2)31(38)34-23-7-4-5-8-23/h6,9-18,22-23H,4-5,7-8,19-20H2,1-3H3,(H,34,38)/t22-/m0/s1. The summed E-state index contributed by atoms with van der Waals surface area (Å²) in [5.41, 5.74) is 1.63. The molecule has 1 fully saturated rings. The zero-order valence-corrected chi connectivity index (χ0v) is 26.2. The molecule has 3 aromatic carbocycles. The SMILES string of the molecule is COc1ccc(N(CC(=O)N(Cc2c(Cl)cccc2Cl)[C@@H](C)C(=O)NC2CCCC2)S(=O)(=O)c2ccc(C)cc2)cc1. The summed E-state index contributed by atoms with van der Waals surface area (Å²) in [6.07, 6.45) is 3.82. The number of halogens is 2. The smallest absolute Gasteiger partial charge is 0.264 e. The van der Waals surface area contributed by atoms with Crippen LogP contribution in [-0.4, -0.2) is 50.9 Å². The fraction of sp³-hybridized carbons (Fsp3) is 0.355. The molecule has 0 bridgehead atoms. The number of nitrogens with zero attached hydrogens (tertiary/aromatic N) is 2. The molecule has 0 heterocycles. The fourth-order valence-electron chi connectivity index (χ4n) is 4.94. The molecule has 42 heavy (non-hydrogen) atoms. The van der Waals surface area contributed by atoms with Gasteiger partial charge in [0.1, 0.15) is 18.3 Å². The van der Waals surface area contributed by atoms with E-state index in [4.69, 9.17) is 27.9 Å². The van der Waals surface area contributed by atoms with E-state index in [1.54, 1.807) is 61.5 Å². The van der Waals surface area contributed by atoms with Crippen molar-refractivity contribution in [1.29, 1.82) is 0 Å². The highest BCUT2D eigenvalue weighted by atomic mass is 35.5. The van der Waals surface area contributed by atoms with Crippen molar-refractivity contribution in [3.8, 4) is 5.75 Å². The minimum atomic E-state index is -4.18. The van der Waals surface area contributed by atoms with Crippen molar-refractivity contribution in [2.45, 2.75) is 63.1 Å². The van der Waals surface area contributed by atoms with Crippen LogP contribution in [-0.2, 0) is 26.2 Å². The van der Waals surface area contributed by atoms with Crippen molar-refractivity contribution < 1.29 is 22.7 Å². The molecule has 2 amide bonds. The van der Waals surface area contributed by atoms with Gasteiger partial charge in [0, 0.05) is 28.2 Å². The minimum Gasteiger partial charge on any atom is -0.497 e. The van der Waals surface area contributed by atoms with Crippen LogP contribution in [0.25, 0.3) is 0 Å². The van der Waals surface area contributed by atoms with Crippen LogP contribution in [0.4, 0.5) is 5.69 Å². The summed E-state index contributed by atoms with van der Waals surface area (Å²) in [7, 11) is -2.67. The van der Waals surface area contributed by atoms with Gasteiger partial charge >= 0.3 is 0 Å². The number of anilines is 1. The summed E-state index contributed by atoms with van der Waals surface area (Å²) in [6.45, 7) is 2.83. The number of carbonyl (C=O) groups excluding carboxylic acids is 2. The zero-order chi connectivity index (χ0) is 30.4. The topological polar surface area (TPSA) is 96.0 Å². The lowest BCUT2D eigenvalue weighted by atomic mass is 10.1. The molecule has 1 aliphatic rings. The normalized spacial score (nSPS) is 14.3. The second-order valence-corrected chi connectivity index (χ2v) is 13.1. The van der Waals surface area contributed by atoms with Gasteiger partial charge in [-0.1, -0.05) is 59.8 Å². The zero-order valence-electron chi connectivity index (χ0n) is 23.8. The largest absolute Gasteiger partial charge is 0.497 e. The minimum absolute atomic E-state index is 0.0319. The predicted octanol–water partition coefficient (Wildman–Crippen LogP) is 5.98. The Morgan fingerprint density at radius 3 is 2.14 bits per heavy atom. The van der Waals surface area contributed by atoms with Gasteiger partial charge in [-0.3, -0.25) is 13.9 Å². The maximum Gasteiger partial charge on any atom is 0.264 e. The third-order valence-corrected chi connectivity index (χ3v) is 10.0. The number of carbonyl (C=O) groups is 2. The number of benzene rings is 3. The van der Waals surface area contributed by atoms with Crippen LogP contribution in [0, 0.1) is 6.92 Å². The summed E-state index contributed by atoms with van der Waals surface area (Å²) in [5.74, 6) is -0.382. The first-order valence-corrected chi connectivity index (χ1v) is 16.0. The van der Waals surface area contributed by atoms with E-state index in [9.17, 15) is 18.0 Å². The number of ether oxygens (including phenoxy) is 1. The van der Waals surface area contributed by atoms with Crippen molar-refractivity contribution in [3.63, 3.8) is 0 Å². The highest BCUT2D eigenvalue weighted by molar-refractivity contribution is 7.92. The predicted molar refractivity (Wildman–Crippen MR) is 166 cm³/mol. The van der Waals surface area contributed by atoms with E-state index in [1.807, 2.05) is 6.92 Å². The summed E-state index contributed by atoms with van der Waals surface area (Å²) in [6, 6.07) is 16.9. The van der Waals surface area contributed by atoms with Crippen LogP contribution in [0.3, 0.4) is 0 Å². The number of sulfonamides is 1. The van der Waals surface area contributed by atoms with Gasteiger partial charge in [-0.15, -0.1) is 0 Å². The molecule has 11 heteroatoms. The summed E-state index contributed by atoms with van der Waals surface area (Å²) in [4.78, 5) is 28.8. The molecule has 4 rings (SSSR count). The molecular weight excluding hydrogens is 597 g/mol. The molecule has 1 aliphatic carbocycles. The molecule has 1 saturated carbocycles. The highest BCUT2D eigenvalue weighted by Gasteiger charge is 2.34. The Labute approximate surface area is 257 Å². The van der Waals surface area contributed by atoms with E-state index >= 15 is 0 Å². The Kier molecular flexibility index (Phi) is 10.4. The highest BCUT2D eigenvalue weighted by Crippen LogP contribution is 2.29. The Morgan fingerprint density at radius 1 is 0.976 bits per heavy atom. The number of hydrogen-bond acceptors (Lipinski definition) is 5. The summed E-state index contributed by atoms with van der Waals surface area (Å²) < 4.78 is 34.2. The van der Waals surface area contributed by atoms with E-state index in [0.29, 0.717) is 21.4 Å². The number of hydrogen-bond donors (Lipinski definition) is 1. The van der Waals surface area contributed by atoms with Crippen LogP contribution in [0.5, 0.6) is 5.75 Å². The van der Waals surface area contributed by atoms with Gasteiger partial charge in [-0.05, 0) is 75.2 Å². The molecule has 0 radical (unpaired) electrons. The van der Waals surface area contributed by atoms with E-state index in [1.165, 1.54) is 24.1 Å². The number of amides is 2. The number of methoxy groups -OCH3 is 1. The Hall–Kier alpha value is -3.27. The molecule has 8 nitrogen and oxygen atoms in total. The Balaban J connectivity index is 1.72. The third-order valence-electron chi connectivity index (χ3n) is 7.51. The van der Waals surface area contributed by atoms with E-state index in [-0.39, 0.29) is 29.1 Å². The van der Waals surface area contributed by atoms with Crippen molar-refractivity contribution in [2.75, 3.05) is 18.0 Å². The number of rotatable bonds is 11. The van der Waals surface area contributed by atoms with E-state index in [2.05, 4.69) is 5.32 Å². The molecule has 0 aromatic heterocycles. The lowest BCUT2D eigenvalue weighted by molar-refractivity contribution is -0.139. The maximum atomic E-state index is 14.1. The molecular formula is C31H35Cl2N3O5S. The molecule has 1 N–H and O–H groups in total. The van der Waals surface area contributed by atoms with Crippen LogP contribution in [0.2, 0.25) is 10.0 Å². The van der Waals surface area contributed by atoms with Crippen LogP contribution in [0.1, 0.15) is 43.7 Å². The van der Waals surface area contributed by atoms with Crippen molar-refractivity contribution >= 4 is 50.7 Å². The lowest BCUT2D eigenvalue weighted by Crippen LogP contribution is -2.52. The number of aryl methyl sites for hydroxylation is 1.